The summed E-state index contributed by atoms with van der Waals surface area (Å²) in [5, 5.41) is 3.54. The molecule has 0 aromatic heterocycles. The molecular weight excluding hydrogens is 290 g/mol. The van der Waals surface area contributed by atoms with Gasteiger partial charge in [0.25, 0.3) is 0 Å². The van der Waals surface area contributed by atoms with E-state index in [1.165, 1.54) is 12.8 Å². The topological polar surface area (TPSA) is 21.3 Å². The lowest BCUT2D eigenvalue weighted by Gasteiger charge is -2.20. The Morgan fingerprint density at radius 1 is 1.33 bits per heavy atom. The molecule has 2 aliphatic carbocycles. The standard InChI is InChI=1S/C15H18BrNO/c1-18-15-5-4-13(16)8-14(15)17-9-12-7-10-2-3-11(12)6-10/h2-5,8,10-12,17H,6-7,9H2,1H3. The van der Waals surface area contributed by atoms with Crippen LogP contribution in [0.1, 0.15) is 12.8 Å². The van der Waals surface area contributed by atoms with E-state index in [2.05, 4.69) is 39.5 Å². The molecule has 3 unspecified atom stereocenters. The molecule has 2 nitrogen and oxygen atoms in total. The Kier molecular flexibility index (Phi) is 3.33. The normalized spacial score (nSPS) is 28.7. The summed E-state index contributed by atoms with van der Waals surface area (Å²) in [6.45, 7) is 1.04. The zero-order valence-electron chi connectivity index (χ0n) is 10.5. The van der Waals surface area contributed by atoms with E-state index < -0.39 is 0 Å². The molecule has 3 atom stereocenters. The van der Waals surface area contributed by atoms with Gasteiger partial charge in [0.05, 0.1) is 12.8 Å². The monoisotopic (exact) mass is 307 g/mol. The Bertz CT molecular complexity index is 472. The summed E-state index contributed by atoms with van der Waals surface area (Å²) in [6, 6.07) is 6.08. The average molecular weight is 308 g/mol. The van der Waals surface area contributed by atoms with Gasteiger partial charge in [-0.15, -0.1) is 0 Å². The van der Waals surface area contributed by atoms with Crippen molar-refractivity contribution < 1.29 is 4.74 Å². The van der Waals surface area contributed by atoms with Gasteiger partial charge in [0.1, 0.15) is 5.75 Å². The van der Waals surface area contributed by atoms with Crippen molar-refractivity contribution in [2.24, 2.45) is 17.8 Å². The lowest BCUT2D eigenvalue weighted by molar-refractivity contribution is 0.415. The fourth-order valence-electron chi connectivity index (χ4n) is 3.19. The molecule has 3 heteroatoms. The zero-order chi connectivity index (χ0) is 12.5. The van der Waals surface area contributed by atoms with E-state index >= 15 is 0 Å². The van der Waals surface area contributed by atoms with E-state index in [9.17, 15) is 0 Å². The van der Waals surface area contributed by atoms with Gasteiger partial charge in [0, 0.05) is 11.0 Å². The molecule has 0 heterocycles. The number of hydrogen-bond donors (Lipinski definition) is 1. The molecule has 2 aliphatic rings. The van der Waals surface area contributed by atoms with Crippen LogP contribution in [0.4, 0.5) is 5.69 Å². The smallest absolute Gasteiger partial charge is 0.142 e. The number of allylic oxidation sites excluding steroid dienone is 2. The molecule has 96 valence electrons. The molecule has 1 N–H and O–H groups in total. The van der Waals surface area contributed by atoms with Crippen molar-refractivity contribution in [3.8, 4) is 5.75 Å². The van der Waals surface area contributed by atoms with Crippen LogP contribution in [0.25, 0.3) is 0 Å². The fourth-order valence-corrected chi connectivity index (χ4v) is 3.55. The Morgan fingerprint density at radius 2 is 2.22 bits per heavy atom. The lowest BCUT2D eigenvalue weighted by Crippen LogP contribution is -2.18. The van der Waals surface area contributed by atoms with Gasteiger partial charge in [-0.3, -0.25) is 0 Å². The quantitative estimate of drug-likeness (QED) is 0.846. The third-order valence-electron chi connectivity index (χ3n) is 4.13. The summed E-state index contributed by atoms with van der Waals surface area (Å²) in [6.07, 6.45) is 7.49. The van der Waals surface area contributed by atoms with Gasteiger partial charge in [0.2, 0.25) is 0 Å². The number of methoxy groups -OCH3 is 1. The van der Waals surface area contributed by atoms with Crippen molar-refractivity contribution >= 4 is 21.6 Å². The maximum absolute atomic E-state index is 5.38. The molecule has 0 radical (unpaired) electrons. The number of hydrogen-bond acceptors (Lipinski definition) is 2. The Hall–Kier alpha value is -0.960. The maximum Gasteiger partial charge on any atom is 0.142 e. The Balaban J connectivity index is 1.66. The summed E-state index contributed by atoms with van der Waals surface area (Å²) in [5.41, 5.74) is 1.08. The van der Waals surface area contributed by atoms with Gasteiger partial charge in [-0.25, -0.2) is 0 Å². The summed E-state index contributed by atoms with van der Waals surface area (Å²) >= 11 is 3.50. The van der Waals surface area contributed by atoms with Crippen LogP contribution >= 0.6 is 15.9 Å². The summed E-state index contributed by atoms with van der Waals surface area (Å²) in [5.74, 6) is 3.33. The number of fused-ring (bicyclic) bond motifs is 2. The number of ether oxygens (including phenoxy) is 1. The zero-order valence-corrected chi connectivity index (χ0v) is 12.1. The molecule has 1 fully saturated rings. The number of benzene rings is 1. The van der Waals surface area contributed by atoms with Crippen LogP contribution in [-0.4, -0.2) is 13.7 Å². The van der Waals surface area contributed by atoms with E-state index in [4.69, 9.17) is 4.74 Å². The first-order valence-corrected chi connectivity index (χ1v) is 7.31. The molecule has 1 aromatic rings. The predicted octanol–water partition coefficient (Wildman–Crippen LogP) is 4.08. The number of anilines is 1. The van der Waals surface area contributed by atoms with Crippen LogP contribution in [0.2, 0.25) is 0 Å². The van der Waals surface area contributed by atoms with E-state index in [1.807, 2.05) is 12.1 Å². The van der Waals surface area contributed by atoms with Crippen molar-refractivity contribution in [1.29, 1.82) is 0 Å². The van der Waals surface area contributed by atoms with Crippen molar-refractivity contribution in [2.45, 2.75) is 12.8 Å². The van der Waals surface area contributed by atoms with Crippen molar-refractivity contribution in [2.75, 3.05) is 19.0 Å². The van der Waals surface area contributed by atoms with Crippen molar-refractivity contribution in [3.63, 3.8) is 0 Å². The van der Waals surface area contributed by atoms with Gasteiger partial charge in [0.15, 0.2) is 0 Å². The van der Waals surface area contributed by atoms with Crippen LogP contribution in [0.5, 0.6) is 5.75 Å². The molecule has 18 heavy (non-hydrogen) atoms. The van der Waals surface area contributed by atoms with Crippen molar-refractivity contribution in [1.82, 2.24) is 0 Å². The highest BCUT2D eigenvalue weighted by atomic mass is 79.9. The molecule has 3 rings (SSSR count). The third-order valence-corrected chi connectivity index (χ3v) is 4.63. The van der Waals surface area contributed by atoms with E-state index in [0.717, 1.165) is 40.2 Å². The van der Waals surface area contributed by atoms with Crippen LogP contribution in [0.15, 0.2) is 34.8 Å². The molecule has 1 aromatic carbocycles. The van der Waals surface area contributed by atoms with Crippen LogP contribution in [-0.2, 0) is 0 Å². The minimum Gasteiger partial charge on any atom is -0.495 e. The predicted molar refractivity (Wildman–Crippen MR) is 78.0 cm³/mol. The fraction of sp³-hybridized carbons (Fsp3) is 0.467. The largest absolute Gasteiger partial charge is 0.495 e. The van der Waals surface area contributed by atoms with Crippen LogP contribution < -0.4 is 10.1 Å². The molecule has 0 saturated heterocycles. The van der Waals surface area contributed by atoms with E-state index in [0.29, 0.717) is 0 Å². The number of rotatable bonds is 4. The molecular formula is C15H18BrNO. The van der Waals surface area contributed by atoms with Crippen LogP contribution in [0.3, 0.4) is 0 Å². The van der Waals surface area contributed by atoms with E-state index in [-0.39, 0.29) is 0 Å². The Morgan fingerprint density at radius 3 is 2.89 bits per heavy atom. The van der Waals surface area contributed by atoms with E-state index in [1.54, 1.807) is 7.11 Å². The van der Waals surface area contributed by atoms with Gasteiger partial charge in [-0.2, -0.15) is 0 Å². The second-order valence-electron chi connectivity index (χ2n) is 5.27. The summed E-state index contributed by atoms with van der Waals surface area (Å²) in [4.78, 5) is 0. The summed E-state index contributed by atoms with van der Waals surface area (Å²) < 4.78 is 6.46. The Labute approximate surface area is 117 Å². The first kappa shape index (κ1) is 12.1. The first-order valence-electron chi connectivity index (χ1n) is 6.52. The minimum absolute atomic E-state index is 0.781. The molecule has 0 amide bonds. The molecule has 0 aliphatic heterocycles. The minimum atomic E-state index is 0.781. The van der Waals surface area contributed by atoms with Crippen molar-refractivity contribution in [3.05, 3.63) is 34.8 Å². The van der Waals surface area contributed by atoms with Gasteiger partial charge < -0.3 is 10.1 Å². The highest BCUT2D eigenvalue weighted by Gasteiger charge is 2.35. The molecule has 0 spiro atoms. The van der Waals surface area contributed by atoms with Crippen LogP contribution in [0, 0.1) is 17.8 Å². The highest BCUT2D eigenvalue weighted by Crippen LogP contribution is 2.43. The second kappa shape index (κ2) is 4.96. The number of halogens is 1. The highest BCUT2D eigenvalue weighted by molar-refractivity contribution is 9.10. The number of nitrogens with one attached hydrogen (secondary N) is 1. The van der Waals surface area contributed by atoms with Gasteiger partial charge in [-0.05, 0) is 48.8 Å². The lowest BCUT2D eigenvalue weighted by atomic mass is 9.93. The average Bonchev–Trinajstić information content (AvgIpc) is 2.98. The van der Waals surface area contributed by atoms with Gasteiger partial charge >= 0.3 is 0 Å². The molecule has 2 bridgehead atoms. The first-order chi connectivity index (χ1) is 8.76. The third kappa shape index (κ3) is 2.28. The SMILES string of the molecule is COc1ccc(Br)cc1NCC1CC2C=CC1C2. The van der Waals surface area contributed by atoms with Gasteiger partial charge in [-0.1, -0.05) is 28.1 Å². The second-order valence-corrected chi connectivity index (χ2v) is 6.18. The molecule has 1 saturated carbocycles. The maximum atomic E-state index is 5.38. The summed E-state index contributed by atoms with van der Waals surface area (Å²) in [7, 11) is 1.72.